The van der Waals surface area contributed by atoms with Gasteiger partial charge in [-0.25, -0.2) is 0 Å². The van der Waals surface area contributed by atoms with Crippen LogP contribution >= 0.6 is 0 Å². The summed E-state index contributed by atoms with van der Waals surface area (Å²) in [6.07, 6.45) is 11.7. The molecule has 1 aromatic rings. The number of unbranched alkanes of at least 4 members (excludes halogenated alkanes) is 4. The summed E-state index contributed by atoms with van der Waals surface area (Å²) >= 11 is 0. The van der Waals surface area contributed by atoms with Crippen LogP contribution in [0.2, 0.25) is 0 Å². The summed E-state index contributed by atoms with van der Waals surface area (Å²) < 4.78 is 0. The molecule has 1 N–H and O–H groups in total. The van der Waals surface area contributed by atoms with Crippen molar-refractivity contribution in [3.05, 3.63) is 35.9 Å². The van der Waals surface area contributed by atoms with Gasteiger partial charge in [0.15, 0.2) is 0 Å². The van der Waals surface area contributed by atoms with E-state index in [0.717, 1.165) is 37.2 Å². The lowest BCUT2D eigenvalue weighted by atomic mass is 9.66. The lowest BCUT2D eigenvalue weighted by molar-refractivity contribution is -0.145. The molecule has 0 aromatic heterocycles. The number of carboxylic acids is 1. The molecule has 0 spiro atoms. The predicted octanol–water partition coefficient (Wildman–Crippen LogP) is 5.56. The van der Waals surface area contributed by atoms with E-state index in [1.807, 2.05) is 30.3 Å². The van der Waals surface area contributed by atoms with Gasteiger partial charge in [0, 0.05) is 0 Å². The summed E-state index contributed by atoms with van der Waals surface area (Å²) in [4.78, 5) is 11.9. The Balaban J connectivity index is 1.87. The lowest BCUT2D eigenvalue weighted by Gasteiger charge is -2.37. The summed E-state index contributed by atoms with van der Waals surface area (Å²) in [5, 5.41) is 9.80. The van der Waals surface area contributed by atoms with E-state index in [1.54, 1.807) is 0 Å². The summed E-state index contributed by atoms with van der Waals surface area (Å²) in [5.74, 6) is 0.0953. The molecule has 2 nitrogen and oxygen atoms in total. The predicted molar refractivity (Wildman–Crippen MR) is 91.1 cm³/mol. The fraction of sp³-hybridized carbons (Fsp3) is 0.650. The monoisotopic (exact) mass is 302 g/mol. The van der Waals surface area contributed by atoms with Crippen LogP contribution in [-0.2, 0) is 10.2 Å². The van der Waals surface area contributed by atoms with Gasteiger partial charge in [0.25, 0.3) is 0 Å². The zero-order valence-corrected chi connectivity index (χ0v) is 13.9. The molecule has 0 aliphatic heterocycles. The highest BCUT2D eigenvalue weighted by Gasteiger charge is 2.43. The molecular weight excluding hydrogens is 272 g/mol. The fourth-order valence-electron chi connectivity index (χ4n) is 3.88. The number of hydrogen-bond acceptors (Lipinski definition) is 1. The minimum Gasteiger partial charge on any atom is -0.481 e. The van der Waals surface area contributed by atoms with Crippen LogP contribution in [0.5, 0.6) is 0 Å². The topological polar surface area (TPSA) is 37.3 Å². The van der Waals surface area contributed by atoms with Crippen molar-refractivity contribution in [1.29, 1.82) is 0 Å². The van der Waals surface area contributed by atoms with Crippen molar-refractivity contribution in [1.82, 2.24) is 0 Å². The van der Waals surface area contributed by atoms with Crippen molar-refractivity contribution in [2.45, 2.75) is 76.5 Å². The van der Waals surface area contributed by atoms with Crippen molar-refractivity contribution in [3.8, 4) is 0 Å². The average molecular weight is 302 g/mol. The first-order chi connectivity index (χ1) is 10.7. The van der Waals surface area contributed by atoms with E-state index in [2.05, 4.69) is 6.92 Å². The van der Waals surface area contributed by atoms with Gasteiger partial charge in [-0.05, 0) is 37.2 Å². The number of aliphatic carboxylic acids is 1. The quantitative estimate of drug-likeness (QED) is 0.638. The van der Waals surface area contributed by atoms with Crippen LogP contribution in [-0.4, -0.2) is 11.1 Å². The number of hydrogen-bond donors (Lipinski definition) is 1. The van der Waals surface area contributed by atoms with Crippen molar-refractivity contribution in [2.24, 2.45) is 5.92 Å². The molecule has 1 aliphatic carbocycles. The normalized spacial score (nSPS) is 25.0. The minimum absolute atomic E-state index is 0.639. The van der Waals surface area contributed by atoms with Gasteiger partial charge in [-0.1, -0.05) is 75.8 Å². The highest BCUT2D eigenvalue weighted by Crippen LogP contribution is 2.43. The maximum absolute atomic E-state index is 11.9. The molecule has 0 atom stereocenters. The zero-order chi connectivity index (χ0) is 15.8. The van der Waals surface area contributed by atoms with Crippen molar-refractivity contribution >= 4 is 5.97 Å². The molecule has 1 saturated carbocycles. The number of carbonyl (C=O) groups is 1. The van der Waals surface area contributed by atoms with Crippen LogP contribution in [0.25, 0.3) is 0 Å². The van der Waals surface area contributed by atoms with Gasteiger partial charge in [0.05, 0.1) is 5.41 Å². The molecule has 0 radical (unpaired) electrons. The molecule has 22 heavy (non-hydrogen) atoms. The Morgan fingerprint density at radius 1 is 1.09 bits per heavy atom. The van der Waals surface area contributed by atoms with Crippen LogP contribution in [0.15, 0.2) is 30.3 Å². The third-order valence-corrected chi connectivity index (χ3v) is 5.41. The second kappa shape index (κ2) is 8.36. The van der Waals surface area contributed by atoms with Gasteiger partial charge in [0.1, 0.15) is 0 Å². The van der Waals surface area contributed by atoms with Gasteiger partial charge in [-0.2, -0.15) is 0 Å². The van der Waals surface area contributed by atoms with E-state index < -0.39 is 11.4 Å². The molecule has 122 valence electrons. The first-order valence-corrected chi connectivity index (χ1v) is 8.98. The third kappa shape index (κ3) is 4.12. The Morgan fingerprint density at radius 2 is 1.73 bits per heavy atom. The maximum atomic E-state index is 11.9. The third-order valence-electron chi connectivity index (χ3n) is 5.41. The lowest BCUT2D eigenvalue weighted by Crippen LogP contribution is -2.39. The van der Waals surface area contributed by atoms with Gasteiger partial charge < -0.3 is 5.11 Å². The van der Waals surface area contributed by atoms with Crippen LogP contribution in [0.1, 0.15) is 76.7 Å². The molecule has 1 aromatic carbocycles. The van der Waals surface area contributed by atoms with Crippen LogP contribution in [0, 0.1) is 5.92 Å². The summed E-state index contributed by atoms with van der Waals surface area (Å²) in [6.45, 7) is 2.25. The number of carboxylic acid groups (broad SMARTS) is 1. The van der Waals surface area contributed by atoms with E-state index in [9.17, 15) is 9.90 Å². The molecular formula is C20H30O2. The van der Waals surface area contributed by atoms with Gasteiger partial charge in [0.2, 0.25) is 0 Å². The second-order valence-corrected chi connectivity index (χ2v) is 6.90. The van der Waals surface area contributed by atoms with Crippen LogP contribution < -0.4 is 0 Å². The molecule has 0 amide bonds. The highest BCUT2D eigenvalue weighted by atomic mass is 16.4. The molecule has 2 rings (SSSR count). The van der Waals surface area contributed by atoms with Crippen molar-refractivity contribution < 1.29 is 9.90 Å². The van der Waals surface area contributed by atoms with E-state index in [0.29, 0.717) is 0 Å². The standard InChI is InChI=1S/C20H30O2/c1-2-3-4-5-7-10-17-13-15-20(16-14-17,19(21)22)18-11-8-6-9-12-18/h6,8-9,11-12,17H,2-5,7,10,13-16H2,1H3,(H,21,22). The number of rotatable bonds is 8. The Kier molecular flexibility index (Phi) is 6.48. The summed E-state index contributed by atoms with van der Waals surface area (Å²) in [7, 11) is 0. The van der Waals surface area contributed by atoms with E-state index in [-0.39, 0.29) is 0 Å². The molecule has 2 heteroatoms. The van der Waals surface area contributed by atoms with Crippen molar-refractivity contribution in [2.75, 3.05) is 0 Å². The zero-order valence-electron chi connectivity index (χ0n) is 13.9. The first kappa shape index (κ1) is 17.1. The fourth-order valence-corrected chi connectivity index (χ4v) is 3.88. The van der Waals surface area contributed by atoms with E-state index in [1.165, 1.54) is 38.5 Å². The largest absolute Gasteiger partial charge is 0.481 e. The van der Waals surface area contributed by atoms with Crippen molar-refractivity contribution in [3.63, 3.8) is 0 Å². The van der Waals surface area contributed by atoms with E-state index in [4.69, 9.17) is 0 Å². The molecule has 0 saturated heterocycles. The Hall–Kier alpha value is -1.31. The van der Waals surface area contributed by atoms with Gasteiger partial charge in [-0.3, -0.25) is 4.79 Å². The molecule has 0 bridgehead atoms. The number of benzene rings is 1. The molecule has 0 unspecified atom stereocenters. The van der Waals surface area contributed by atoms with Crippen LogP contribution in [0.4, 0.5) is 0 Å². The van der Waals surface area contributed by atoms with Crippen LogP contribution in [0.3, 0.4) is 0 Å². The Labute approximate surface area is 134 Å². The van der Waals surface area contributed by atoms with E-state index >= 15 is 0 Å². The average Bonchev–Trinajstić information content (AvgIpc) is 2.56. The highest BCUT2D eigenvalue weighted by molar-refractivity contribution is 5.81. The van der Waals surface area contributed by atoms with Gasteiger partial charge >= 0.3 is 5.97 Å². The minimum atomic E-state index is -0.639. The first-order valence-electron chi connectivity index (χ1n) is 8.98. The SMILES string of the molecule is CCCCCCCC1CCC(C(=O)O)(c2ccccc2)CC1. The summed E-state index contributed by atoms with van der Waals surface area (Å²) in [5.41, 5.74) is 0.351. The molecule has 1 aliphatic rings. The molecule has 1 fully saturated rings. The van der Waals surface area contributed by atoms with Gasteiger partial charge in [-0.15, -0.1) is 0 Å². The Bertz CT molecular complexity index is 444. The second-order valence-electron chi connectivity index (χ2n) is 6.90. The molecule has 0 heterocycles. The smallest absolute Gasteiger partial charge is 0.314 e. The Morgan fingerprint density at radius 3 is 2.32 bits per heavy atom. The maximum Gasteiger partial charge on any atom is 0.314 e. The summed E-state index contributed by atoms with van der Waals surface area (Å²) in [6, 6.07) is 9.85.